The largest absolute Gasteiger partial charge is 0.272 e. The average Bonchev–Trinajstić information content (AvgIpc) is 2.77. The van der Waals surface area contributed by atoms with Crippen LogP contribution in [-0.2, 0) is 9.63 Å². The summed E-state index contributed by atoms with van der Waals surface area (Å²) in [4.78, 5) is 16.8. The van der Waals surface area contributed by atoms with E-state index in [9.17, 15) is 4.79 Å². The monoisotopic (exact) mass is 187 g/mol. The van der Waals surface area contributed by atoms with E-state index in [4.69, 9.17) is 4.84 Å². The van der Waals surface area contributed by atoms with Gasteiger partial charge in [-0.1, -0.05) is 0 Å². The van der Waals surface area contributed by atoms with Crippen molar-refractivity contribution >= 4 is 17.7 Å². The fourth-order valence-corrected chi connectivity index (χ4v) is 2.77. The first-order valence-electron chi connectivity index (χ1n) is 4.40. The fraction of sp³-hybridized carbons (Fsp3) is 0.875. The van der Waals surface area contributed by atoms with Gasteiger partial charge < -0.3 is 0 Å². The second-order valence-corrected chi connectivity index (χ2v) is 4.34. The topological polar surface area (TPSA) is 29.5 Å². The minimum atomic E-state index is 0.206. The molecule has 1 amide bonds. The Labute approximate surface area is 76.4 Å². The molecule has 68 valence electrons. The van der Waals surface area contributed by atoms with Gasteiger partial charge in [-0.3, -0.25) is 9.63 Å². The molecule has 0 aliphatic carbocycles. The van der Waals surface area contributed by atoms with Crippen molar-refractivity contribution in [2.45, 2.75) is 12.8 Å². The van der Waals surface area contributed by atoms with Gasteiger partial charge in [0.25, 0.3) is 0 Å². The summed E-state index contributed by atoms with van der Waals surface area (Å²) in [5.74, 6) is 2.55. The van der Waals surface area contributed by atoms with Gasteiger partial charge in [0, 0.05) is 5.75 Å². The molecular formula is C8H13NO2S. The van der Waals surface area contributed by atoms with Crippen LogP contribution >= 0.6 is 11.8 Å². The van der Waals surface area contributed by atoms with E-state index in [0.29, 0.717) is 6.61 Å². The summed E-state index contributed by atoms with van der Waals surface area (Å²) in [5, 5.41) is 1.55. The van der Waals surface area contributed by atoms with Crippen LogP contribution in [0.5, 0.6) is 0 Å². The number of hydroxylamine groups is 2. The number of hydrogen-bond donors (Lipinski definition) is 0. The highest BCUT2D eigenvalue weighted by molar-refractivity contribution is 7.99. The van der Waals surface area contributed by atoms with Gasteiger partial charge in [0.15, 0.2) is 0 Å². The average molecular weight is 187 g/mol. The quantitative estimate of drug-likeness (QED) is 0.611. The number of carbonyl (C=O) groups is 1. The fourth-order valence-electron chi connectivity index (χ4n) is 1.55. The van der Waals surface area contributed by atoms with Gasteiger partial charge in [-0.25, -0.2) is 5.06 Å². The van der Waals surface area contributed by atoms with Crippen LogP contribution < -0.4 is 0 Å². The van der Waals surface area contributed by atoms with Crippen molar-refractivity contribution in [1.29, 1.82) is 0 Å². The number of hydrogen-bond acceptors (Lipinski definition) is 3. The minimum Gasteiger partial charge on any atom is -0.272 e. The SMILES string of the molecule is O=C(C1CCSC1)N1CCCO1. The zero-order valence-electron chi connectivity index (χ0n) is 6.99. The molecule has 0 aromatic rings. The highest BCUT2D eigenvalue weighted by Gasteiger charge is 2.29. The number of carbonyl (C=O) groups excluding carboxylic acids is 1. The molecule has 2 aliphatic rings. The van der Waals surface area contributed by atoms with E-state index in [0.717, 1.165) is 30.9 Å². The lowest BCUT2D eigenvalue weighted by Gasteiger charge is -2.17. The van der Waals surface area contributed by atoms with Gasteiger partial charge in [-0.05, 0) is 18.6 Å². The molecule has 1 unspecified atom stereocenters. The van der Waals surface area contributed by atoms with E-state index in [1.54, 1.807) is 5.06 Å². The van der Waals surface area contributed by atoms with E-state index in [1.165, 1.54) is 0 Å². The highest BCUT2D eigenvalue weighted by atomic mass is 32.2. The van der Waals surface area contributed by atoms with Crippen LogP contribution in [-0.4, -0.2) is 35.6 Å². The second-order valence-electron chi connectivity index (χ2n) is 3.19. The summed E-state index contributed by atoms with van der Waals surface area (Å²) >= 11 is 1.87. The smallest absolute Gasteiger partial charge is 0.250 e. The van der Waals surface area contributed by atoms with Gasteiger partial charge in [-0.2, -0.15) is 11.8 Å². The van der Waals surface area contributed by atoms with E-state index >= 15 is 0 Å². The third kappa shape index (κ3) is 1.59. The maximum Gasteiger partial charge on any atom is 0.250 e. The first-order valence-corrected chi connectivity index (χ1v) is 5.55. The molecule has 0 aromatic heterocycles. The molecule has 3 nitrogen and oxygen atoms in total. The van der Waals surface area contributed by atoms with Crippen LogP contribution in [0.3, 0.4) is 0 Å². The molecule has 0 saturated carbocycles. The summed E-state index contributed by atoms with van der Waals surface area (Å²) in [6.45, 7) is 1.51. The van der Waals surface area contributed by atoms with Crippen molar-refractivity contribution in [3.8, 4) is 0 Å². The van der Waals surface area contributed by atoms with Crippen LogP contribution in [0.1, 0.15) is 12.8 Å². The standard InChI is InChI=1S/C8H13NO2S/c10-8(7-2-5-12-6-7)9-3-1-4-11-9/h7H,1-6H2. The zero-order chi connectivity index (χ0) is 8.39. The molecule has 2 saturated heterocycles. The molecule has 0 radical (unpaired) electrons. The number of thioether (sulfide) groups is 1. The lowest BCUT2D eigenvalue weighted by atomic mass is 10.1. The maximum atomic E-state index is 11.6. The minimum absolute atomic E-state index is 0.206. The van der Waals surface area contributed by atoms with Gasteiger partial charge in [0.1, 0.15) is 0 Å². The molecule has 12 heavy (non-hydrogen) atoms. The number of rotatable bonds is 1. The van der Waals surface area contributed by atoms with Crippen molar-refractivity contribution in [2.24, 2.45) is 5.92 Å². The van der Waals surface area contributed by atoms with E-state index in [-0.39, 0.29) is 11.8 Å². The molecule has 0 N–H and O–H groups in total. The van der Waals surface area contributed by atoms with Crippen molar-refractivity contribution in [3.63, 3.8) is 0 Å². The molecule has 1 atom stereocenters. The van der Waals surface area contributed by atoms with Crippen LogP contribution in [0, 0.1) is 5.92 Å². The Kier molecular flexibility index (Phi) is 2.56. The molecule has 0 aromatic carbocycles. The Morgan fingerprint density at radius 1 is 1.58 bits per heavy atom. The van der Waals surface area contributed by atoms with Gasteiger partial charge in [-0.15, -0.1) is 0 Å². The normalized spacial score (nSPS) is 29.7. The Hall–Kier alpha value is -0.220. The predicted molar refractivity (Wildman–Crippen MR) is 47.7 cm³/mol. The lowest BCUT2D eigenvalue weighted by Crippen LogP contribution is -2.32. The molecule has 2 aliphatic heterocycles. The highest BCUT2D eigenvalue weighted by Crippen LogP contribution is 2.26. The third-order valence-corrected chi connectivity index (χ3v) is 3.44. The molecule has 2 fully saturated rings. The first kappa shape index (κ1) is 8.38. The van der Waals surface area contributed by atoms with Crippen molar-refractivity contribution in [2.75, 3.05) is 24.7 Å². The summed E-state index contributed by atoms with van der Waals surface area (Å²) in [6.07, 6.45) is 2.02. The van der Waals surface area contributed by atoms with Crippen LogP contribution in [0.25, 0.3) is 0 Å². The molecule has 2 heterocycles. The predicted octanol–water partition coefficient (Wildman–Crippen LogP) is 0.903. The van der Waals surface area contributed by atoms with Crippen molar-refractivity contribution in [3.05, 3.63) is 0 Å². The van der Waals surface area contributed by atoms with Crippen molar-refractivity contribution < 1.29 is 9.63 Å². The van der Waals surface area contributed by atoms with Crippen molar-refractivity contribution in [1.82, 2.24) is 5.06 Å². The Balaban J connectivity index is 1.89. The Morgan fingerprint density at radius 3 is 3.08 bits per heavy atom. The van der Waals surface area contributed by atoms with Gasteiger partial charge in [0.05, 0.1) is 19.1 Å². The van der Waals surface area contributed by atoms with Crippen LogP contribution in [0.2, 0.25) is 0 Å². The van der Waals surface area contributed by atoms with E-state index in [2.05, 4.69) is 0 Å². The Morgan fingerprint density at radius 2 is 2.50 bits per heavy atom. The second kappa shape index (κ2) is 3.66. The summed E-state index contributed by atoms with van der Waals surface area (Å²) in [6, 6.07) is 0. The molecular weight excluding hydrogens is 174 g/mol. The van der Waals surface area contributed by atoms with E-state index < -0.39 is 0 Å². The summed E-state index contributed by atoms with van der Waals surface area (Å²) < 4.78 is 0. The third-order valence-electron chi connectivity index (χ3n) is 2.28. The molecule has 0 spiro atoms. The summed E-state index contributed by atoms with van der Waals surface area (Å²) in [5.41, 5.74) is 0. The Bertz CT molecular complexity index is 156. The van der Waals surface area contributed by atoms with Crippen LogP contribution in [0.4, 0.5) is 0 Å². The van der Waals surface area contributed by atoms with Gasteiger partial charge in [0.2, 0.25) is 5.91 Å². The van der Waals surface area contributed by atoms with E-state index in [1.807, 2.05) is 11.8 Å². The zero-order valence-corrected chi connectivity index (χ0v) is 7.81. The first-order chi connectivity index (χ1) is 5.88. The maximum absolute atomic E-state index is 11.6. The van der Waals surface area contributed by atoms with Crippen LogP contribution in [0.15, 0.2) is 0 Å². The number of amides is 1. The molecule has 2 rings (SSSR count). The summed E-state index contributed by atoms with van der Waals surface area (Å²) in [7, 11) is 0. The molecule has 0 bridgehead atoms. The molecule has 4 heteroatoms. The lowest BCUT2D eigenvalue weighted by molar-refractivity contribution is -0.172. The van der Waals surface area contributed by atoms with Gasteiger partial charge >= 0.3 is 0 Å². The number of nitrogens with zero attached hydrogens (tertiary/aromatic N) is 1.